The molecule has 1 aliphatic carbocycles. The zero-order chi connectivity index (χ0) is 17.6. The summed E-state index contributed by atoms with van der Waals surface area (Å²) in [5.74, 6) is 0.859. The summed E-state index contributed by atoms with van der Waals surface area (Å²) in [7, 11) is 0. The van der Waals surface area contributed by atoms with E-state index in [1.165, 1.54) is 0 Å². The van der Waals surface area contributed by atoms with Crippen LogP contribution in [0.2, 0.25) is 0 Å². The summed E-state index contributed by atoms with van der Waals surface area (Å²) in [6.07, 6.45) is 5.03. The molecule has 8 heteroatoms. The maximum atomic E-state index is 12.6. The summed E-state index contributed by atoms with van der Waals surface area (Å²) in [5, 5.41) is 19.0. The van der Waals surface area contributed by atoms with Crippen LogP contribution in [0.1, 0.15) is 49.6 Å². The van der Waals surface area contributed by atoms with Crippen LogP contribution < -0.4 is 5.32 Å². The van der Waals surface area contributed by atoms with Crippen LogP contribution in [0, 0.1) is 0 Å². The van der Waals surface area contributed by atoms with Gasteiger partial charge in [-0.1, -0.05) is 6.07 Å². The molecular formula is C17H24N6O2. The molecule has 2 aromatic heterocycles. The molecule has 3 rings (SSSR count). The molecule has 2 aromatic rings. The highest BCUT2D eigenvalue weighted by molar-refractivity contribution is 5.74. The van der Waals surface area contributed by atoms with Gasteiger partial charge >= 0.3 is 6.03 Å². The van der Waals surface area contributed by atoms with E-state index in [4.69, 9.17) is 0 Å². The molecular weight excluding hydrogens is 320 g/mol. The fourth-order valence-electron chi connectivity index (χ4n) is 2.77. The summed E-state index contributed by atoms with van der Waals surface area (Å²) in [6, 6.07) is 6.02. The third kappa shape index (κ3) is 4.54. The average Bonchev–Trinajstić information content (AvgIpc) is 3.05. The van der Waals surface area contributed by atoms with Crippen LogP contribution in [0.3, 0.4) is 0 Å². The number of H-pyrrole nitrogens is 1. The number of hydrogen-bond donors (Lipinski definition) is 3. The van der Waals surface area contributed by atoms with Gasteiger partial charge in [0.05, 0.1) is 6.54 Å². The van der Waals surface area contributed by atoms with Crippen molar-refractivity contribution in [1.82, 2.24) is 30.4 Å². The van der Waals surface area contributed by atoms with Crippen LogP contribution in [-0.2, 0) is 13.0 Å². The SMILES string of the molecule is C[C@@H](O)c1n[nH]c(CNC(=O)N(CCc2ccccn2)C2CCC2)n1. The molecule has 0 unspecified atom stereocenters. The van der Waals surface area contributed by atoms with E-state index in [0.717, 1.165) is 31.4 Å². The first kappa shape index (κ1) is 17.3. The predicted octanol–water partition coefficient (Wildman–Crippen LogP) is 1.56. The lowest BCUT2D eigenvalue weighted by atomic mass is 9.91. The average molecular weight is 344 g/mol. The van der Waals surface area contributed by atoms with E-state index in [0.29, 0.717) is 24.2 Å². The number of carbonyl (C=O) groups is 1. The summed E-state index contributed by atoms with van der Waals surface area (Å²) < 4.78 is 0. The monoisotopic (exact) mass is 344 g/mol. The molecule has 1 atom stereocenters. The number of hydrogen-bond acceptors (Lipinski definition) is 5. The first-order chi connectivity index (χ1) is 12.1. The number of aromatic nitrogens is 4. The Hall–Kier alpha value is -2.48. The Labute approximate surface area is 146 Å². The molecule has 2 amide bonds. The quantitative estimate of drug-likeness (QED) is 0.706. The molecule has 1 fully saturated rings. The van der Waals surface area contributed by atoms with E-state index in [1.807, 2.05) is 23.1 Å². The second-order valence-electron chi connectivity index (χ2n) is 6.32. The smallest absolute Gasteiger partial charge is 0.318 e. The van der Waals surface area contributed by atoms with E-state index in [-0.39, 0.29) is 12.6 Å². The van der Waals surface area contributed by atoms with Gasteiger partial charge in [-0.25, -0.2) is 9.78 Å². The van der Waals surface area contributed by atoms with Crippen LogP contribution in [0.4, 0.5) is 4.79 Å². The van der Waals surface area contributed by atoms with Gasteiger partial charge in [-0.15, -0.1) is 0 Å². The zero-order valence-corrected chi connectivity index (χ0v) is 14.4. The molecule has 2 heterocycles. The molecule has 8 nitrogen and oxygen atoms in total. The molecule has 1 saturated carbocycles. The van der Waals surface area contributed by atoms with Crippen molar-refractivity contribution >= 4 is 6.03 Å². The molecule has 0 radical (unpaired) electrons. The third-order valence-electron chi connectivity index (χ3n) is 4.44. The van der Waals surface area contributed by atoms with Crippen LogP contribution in [-0.4, -0.2) is 48.8 Å². The summed E-state index contributed by atoms with van der Waals surface area (Å²) in [4.78, 5) is 23.0. The Morgan fingerprint density at radius 2 is 2.32 bits per heavy atom. The predicted molar refractivity (Wildman–Crippen MR) is 91.5 cm³/mol. The molecule has 0 spiro atoms. The van der Waals surface area contributed by atoms with Crippen LogP contribution in [0.5, 0.6) is 0 Å². The number of pyridine rings is 1. The molecule has 1 aliphatic rings. The first-order valence-electron chi connectivity index (χ1n) is 8.67. The van der Waals surface area contributed by atoms with Crippen LogP contribution >= 0.6 is 0 Å². The van der Waals surface area contributed by atoms with Gasteiger partial charge in [0.25, 0.3) is 0 Å². The van der Waals surface area contributed by atoms with Crippen molar-refractivity contribution in [2.45, 2.75) is 51.3 Å². The van der Waals surface area contributed by atoms with Gasteiger partial charge < -0.3 is 15.3 Å². The van der Waals surface area contributed by atoms with E-state index in [1.54, 1.807) is 13.1 Å². The minimum atomic E-state index is -0.731. The number of aliphatic hydroxyl groups is 1. The van der Waals surface area contributed by atoms with E-state index >= 15 is 0 Å². The van der Waals surface area contributed by atoms with E-state index < -0.39 is 6.10 Å². The minimum absolute atomic E-state index is 0.101. The van der Waals surface area contributed by atoms with Gasteiger partial charge in [-0.3, -0.25) is 10.1 Å². The van der Waals surface area contributed by atoms with Crippen LogP contribution in [0.15, 0.2) is 24.4 Å². The number of nitrogens with one attached hydrogen (secondary N) is 2. The van der Waals surface area contributed by atoms with Gasteiger partial charge in [0, 0.05) is 30.9 Å². The summed E-state index contributed by atoms with van der Waals surface area (Å²) in [6.45, 7) is 2.50. The van der Waals surface area contributed by atoms with Crippen molar-refractivity contribution in [2.75, 3.05) is 6.54 Å². The molecule has 3 N–H and O–H groups in total. The Bertz CT molecular complexity index is 683. The number of urea groups is 1. The van der Waals surface area contributed by atoms with Gasteiger partial charge in [0.1, 0.15) is 11.9 Å². The fraction of sp³-hybridized carbons (Fsp3) is 0.529. The van der Waals surface area contributed by atoms with Gasteiger partial charge in [0.2, 0.25) is 0 Å². The number of carbonyl (C=O) groups excluding carboxylic acids is 1. The Morgan fingerprint density at radius 1 is 1.48 bits per heavy atom. The molecule has 25 heavy (non-hydrogen) atoms. The van der Waals surface area contributed by atoms with Gasteiger partial charge in [0.15, 0.2) is 5.82 Å². The maximum absolute atomic E-state index is 12.6. The van der Waals surface area contributed by atoms with Crippen molar-refractivity contribution in [2.24, 2.45) is 0 Å². The van der Waals surface area contributed by atoms with Crippen molar-refractivity contribution in [3.63, 3.8) is 0 Å². The maximum Gasteiger partial charge on any atom is 0.318 e. The largest absolute Gasteiger partial charge is 0.385 e. The molecule has 0 bridgehead atoms. The lowest BCUT2D eigenvalue weighted by molar-refractivity contribution is 0.138. The zero-order valence-electron chi connectivity index (χ0n) is 14.4. The highest BCUT2D eigenvalue weighted by Crippen LogP contribution is 2.25. The first-order valence-corrected chi connectivity index (χ1v) is 8.67. The minimum Gasteiger partial charge on any atom is -0.385 e. The second-order valence-corrected chi connectivity index (χ2v) is 6.32. The number of aromatic amines is 1. The normalized spacial score (nSPS) is 15.4. The van der Waals surface area contributed by atoms with Gasteiger partial charge in [-0.05, 0) is 38.3 Å². The summed E-state index contributed by atoms with van der Waals surface area (Å²) in [5.41, 5.74) is 0.983. The number of amides is 2. The standard InChI is InChI=1S/C17H24N6O2/c1-12(24)16-20-15(21-22-16)11-19-17(25)23(14-6-4-7-14)10-8-13-5-2-3-9-18-13/h2-3,5,9,12,14,24H,4,6-8,10-11H2,1H3,(H,19,25)(H,20,21,22)/t12-/m1/s1. The fourth-order valence-corrected chi connectivity index (χ4v) is 2.77. The Kier molecular flexibility index (Phi) is 5.60. The highest BCUT2D eigenvalue weighted by atomic mass is 16.3. The molecule has 0 aliphatic heterocycles. The lowest BCUT2D eigenvalue weighted by Gasteiger charge is -2.37. The van der Waals surface area contributed by atoms with E-state index in [9.17, 15) is 9.90 Å². The number of rotatable bonds is 7. The van der Waals surface area contributed by atoms with Crippen molar-refractivity contribution in [1.29, 1.82) is 0 Å². The summed E-state index contributed by atoms with van der Waals surface area (Å²) >= 11 is 0. The van der Waals surface area contributed by atoms with E-state index in [2.05, 4.69) is 25.5 Å². The Balaban J connectivity index is 1.55. The molecule has 134 valence electrons. The number of nitrogens with zero attached hydrogens (tertiary/aromatic N) is 4. The van der Waals surface area contributed by atoms with Crippen molar-refractivity contribution < 1.29 is 9.90 Å². The topological polar surface area (TPSA) is 107 Å². The second kappa shape index (κ2) is 8.06. The Morgan fingerprint density at radius 3 is 2.92 bits per heavy atom. The number of aliphatic hydroxyl groups excluding tert-OH is 1. The van der Waals surface area contributed by atoms with Crippen molar-refractivity contribution in [3.8, 4) is 0 Å². The lowest BCUT2D eigenvalue weighted by Crippen LogP contribution is -2.49. The van der Waals surface area contributed by atoms with Crippen LogP contribution in [0.25, 0.3) is 0 Å². The molecule has 0 aromatic carbocycles. The third-order valence-corrected chi connectivity index (χ3v) is 4.44. The molecule has 0 saturated heterocycles. The highest BCUT2D eigenvalue weighted by Gasteiger charge is 2.28. The van der Waals surface area contributed by atoms with Crippen molar-refractivity contribution in [3.05, 3.63) is 41.7 Å². The van der Waals surface area contributed by atoms with Gasteiger partial charge in [-0.2, -0.15) is 5.10 Å².